The Labute approximate surface area is 245 Å². The zero-order valence-electron chi connectivity index (χ0n) is 25.5. The first-order valence-electron chi connectivity index (χ1n) is 15.8. The highest BCUT2D eigenvalue weighted by molar-refractivity contribution is 5.98. The lowest BCUT2D eigenvalue weighted by Crippen LogP contribution is -2.47. The lowest BCUT2D eigenvalue weighted by Gasteiger charge is -2.52. The van der Waals surface area contributed by atoms with Crippen molar-refractivity contribution in [3.05, 3.63) is 106 Å². The predicted molar refractivity (Wildman–Crippen MR) is 172 cm³/mol. The van der Waals surface area contributed by atoms with Gasteiger partial charge in [0, 0.05) is 33.7 Å². The SMILES string of the molecule is C[C@H]1CC=Cc2oc3c4c5c(cc3c21)C1(C=CC2=C(C1)C(C)(C)C1(C)C=CC=CC21)C(C)(C)CC(/C=C\C=C/C5)N4. The minimum atomic E-state index is -0.122. The second-order valence-corrected chi connectivity index (χ2v) is 15.0. The van der Waals surface area contributed by atoms with Crippen molar-refractivity contribution in [2.75, 3.05) is 5.32 Å². The molecule has 3 heterocycles. The van der Waals surface area contributed by atoms with E-state index in [0.29, 0.717) is 11.8 Å². The zero-order valence-corrected chi connectivity index (χ0v) is 25.5. The molecule has 2 aromatic rings. The molecule has 1 spiro atoms. The van der Waals surface area contributed by atoms with Crippen molar-refractivity contribution in [2.45, 2.75) is 84.6 Å². The number of hydrogen-bond donors (Lipinski definition) is 1. The summed E-state index contributed by atoms with van der Waals surface area (Å²) in [6, 6.07) is 2.80. The van der Waals surface area contributed by atoms with Crippen LogP contribution in [-0.4, -0.2) is 6.04 Å². The van der Waals surface area contributed by atoms with Gasteiger partial charge in [-0.3, -0.25) is 0 Å². The van der Waals surface area contributed by atoms with Crippen LogP contribution in [0.4, 0.5) is 5.69 Å². The quantitative estimate of drug-likeness (QED) is 0.359. The Morgan fingerprint density at radius 2 is 1.76 bits per heavy atom. The third-order valence-corrected chi connectivity index (χ3v) is 12.4. The Hall–Kier alpha value is -3.26. The van der Waals surface area contributed by atoms with Crippen LogP contribution in [0.3, 0.4) is 0 Å². The maximum Gasteiger partial charge on any atom is 0.158 e. The summed E-state index contributed by atoms with van der Waals surface area (Å²) in [4.78, 5) is 0. The molecule has 6 aliphatic rings. The molecule has 4 unspecified atom stereocenters. The predicted octanol–water partition coefficient (Wildman–Crippen LogP) is 10.1. The first-order valence-corrected chi connectivity index (χ1v) is 15.8. The van der Waals surface area contributed by atoms with Crippen molar-refractivity contribution in [1.82, 2.24) is 0 Å². The highest BCUT2D eigenvalue weighted by atomic mass is 16.3. The monoisotopic (exact) mass is 541 g/mol. The summed E-state index contributed by atoms with van der Waals surface area (Å²) in [6.45, 7) is 14.9. The molecule has 2 aliphatic heterocycles. The van der Waals surface area contributed by atoms with E-state index in [4.69, 9.17) is 4.42 Å². The summed E-state index contributed by atoms with van der Waals surface area (Å²) < 4.78 is 6.74. The smallest absolute Gasteiger partial charge is 0.158 e. The number of anilines is 1. The highest BCUT2D eigenvalue weighted by Gasteiger charge is 2.59. The molecule has 0 saturated heterocycles. The van der Waals surface area contributed by atoms with Crippen LogP contribution < -0.4 is 5.32 Å². The van der Waals surface area contributed by atoms with Crippen LogP contribution in [0.2, 0.25) is 0 Å². The summed E-state index contributed by atoms with van der Waals surface area (Å²) in [5.74, 6) is 1.94. The van der Waals surface area contributed by atoms with Gasteiger partial charge in [0.2, 0.25) is 0 Å². The molecule has 0 fully saturated rings. The van der Waals surface area contributed by atoms with E-state index in [9.17, 15) is 0 Å². The topological polar surface area (TPSA) is 25.2 Å². The maximum atomic E-state index is 6.74. The summed E-state index contributed by atoms with van der Waals surface area (Å²) in [6.07, 6.45) is 32.4. The van der Waals surface area contributed by atoms with Crippen LogP contribution in [0.5, 0.6) is 0 Å². The fourth-order valence-electron chi connectivity index (χ4n) is 9.49. The van der Waals surface area contributed by atoms with Gasteiger partial charge in [-0.2, -0.15) is 0 Å². The Balaban J connectivity index is 1.43. The number of hydrogen-bond acceptors (Lipinski definition) is 2. The number of allylic oxidation sites excluding steroid dienone is 12. The second-order valence-electron chi connectivity index (χ2n) is 15.0. The molecular weight excluding hydrogens is 498 g/mol. The van der Waals surface area contributed by atoms with Gasteiger partial charge < -0.3 is 9.73 Å². The molecule has 1 N–H and O–H groups in total. The third kappa shape index (κ3) is 3.14. The fraction of sp³-hybridized carbons (Fsp3) is 0.436. The molecule has 5 atom stereocenters. The van der Waals surface area contributed by atoms with Crippen molar-refractivity contribution >= 4 is 22.7 Å². The van der Waals surface area contributed by atoms with Crippen LogP contribution in [0.25, 0.3) is 17.0 Å². The number of furan rings is 1. The maximum absolute atomic E-state index is 6.74. The summed E-state index contributed by atoms with van der Waals surface area (Å²) >= 11 is 0. The van der Waals surface area contributed by atoms with Crippen LogP contribution in [-0.2, 0) is 11.8 Å². The molecule has 1 aromatic heterocycles. The molecule has 8 rings (SSSR count). The van der Waals surface area contributed by atoms with Gasteiger partial charge in [0.05, 0.1) is 5.69 Å². The van der Waals surface area contributed by atoms with Crippen molar-refractivity contribution in [2.24, 2.45) is 22.2 Å². The third-order valence-electron chi connectivity index (χ3n) is 12.4. The molecule has 4 bridgehead atoms. The Morgan fingerprint density at radius 3 is 2.61 bits per heavy atom. The van der Waals surface area contributed by atoms with E-state index < -0.39 is 0 Å². The van der Waals surface area contributed by atoms with E-state index >= 15 is 0 Å². The molecule has 41 heavy (non-hydrogen) atoms. The summed E-state index contributed by atoms with van der Waals surface area (Å²) in [5, 5.41) is 5.35. The standard InChI is InChI=1S/C39H43NO/c1-24-13-12-17-32-33(24)28-21-30-27-15-9-7-8-14-25(40-34(27)35(28)41-32)22-36(2,3)39(30)20-18-26-29-16-10-11-19-38(29,6)37(4,5)31(26)23-39/h7-12,14,16-21,24-25,29,40H,13,15,22-23H2,1-6H3/b9-7-,14-8-/t24-,25?,29?,38?,39?/m0/s1. The molecule has 1 aromatic carbocycles. The Kier molecular flexibility index (Phi) is 5.08. The average Bonchev–Trinajstić information content (AvgIpc) is 3.42. The van der Waals surface area contributed by atoms with Crippen LogP contribution in [0, 0.1) is 22.2 Å². The Morgan fingerprint density at radius 1 is 0.927 bits per heavy atom. The van der Waals surface area contributed by atoms with Crippen LogP contribution in [0.1, 0.15) is 89.2 Å². The van der Waals surface area contributed by atoms with E-state index in [1.807, 2.05) is 0 Å². The van der Waals surface area contributed by atoms with Gasteiger partial charge in [-0.05, 0) is 71.3 Å². The second kappa shape index (κ2) is 8.18. The molecule has 2 nitrogen and oxygen atoms in total. The highest BCUT2D eigenvalue weighted by Crippen LogP contribution is 2.67. The summed E-state index contributed by atoms with van der Waals surface area (Å²) in [7, 11) is 0. The lowest BCUT2D eigenvalue weighted by molar-refractivity contribution is 0.148. The lowest BCUT2D eigenvalue weighted by atomic mass is 9.52. The number of fused-ring (bicyclic) bond motifs is 7. The molecule has 210 valence electrons. The molecule has 0 amide bonds. The normalized spacial score (nSPS) is 36.6. The molecule has 2 heteroatoms. The van der Waals surface area contributed by atoms with Crippen molar-refractivity contribution in [3.8, 4) is 0 Å². The van der Waals surface area contributed by atoms with Gasteiger partial charge in [0.1, 0.15) is 5.76 Å². The molecule has 4 aliphatic carbocycles. The fourth-order valence-corrected chi connectivity index (χ4v) is 9.49. The van der Waals surface area contributed by atoms with Gasteiger partial charge >= 0.3 is 0 Å². The first kappa shape index (κ1) is 25.5. The number of rotatable bonds is 0. The van der Waals surface area contributed by atoms with Crippen molar-refractivity contribution in [1.29, 1.82) is 0 Å². The van der Waals surface area contributed by atoms with Gasteiger partial charge in [-0.15, -0.1) is 0 Å². The first-order chi connectivity index (χ1) is 19.6. The van der Waals surface area contributed by atoms with E-state index in [0.717, 1.165) is 37.0 Å². The Bertz CT molecular complexity index is 1710. The van der Waals surface area contributed by atoms with Crippen LogP contribution >= 0.6 is 0 Å². The van der Waals surface area contributed by atoms with E-state index in [1.54, 1.807) is 11.1 Å². The van der Waals surface area contributed by atoms with E-state index in [1.165, 1.54) is 27.8 Å². The van der Waals surface area contributed by atoms with Gasteiger partial charge in [-0.25, -0.2) is 0 Å². The average molecular weight is 542 g/mol. The summed E-state index contributed by atoms with van der Waals surface area (Å²) in [5.41, 5.74) is 9.82. The van der Waals surface area contributed by atoms with Gasteiger partial charge in [0.15, 0.2) is 5.58 Å². The molecule has 0 radical (unpaired) electrons. The minimum Gasteiger partial charge on any atom is -0.454 e. The molecular formula is C39H43NO. The minimum absolute atomic E-state index is 0.0141. The van der Waals surface area contributed by atoms with Gasteiger partial charge in [0.25, 0.3) is 0 Å². The zero-order chi connectivity index (χ0) is 28.4. The van der Waals surface area contributed by atoms with Gasteiger partial charge in [-0.1, -0.05) is 114 Å². The van der Waals surface area contributed by atoms with Crippen molar-refractivity contribution in [3.63, 3.8) is 0 Å². The molecule has 0 saturated carbocycles. The van der Waals surface area contributed by atoms with Crippen LogP contribution in [0.15, 0.2) is 88.5 Å². The number of benzene rings is 1. The largest absolute Gasteiger partial charge is 0.454 e. The van der Waals surface area contributed by atoms with E-state index in [-0.39, 0.29) is 27.7 Å². The number of nitrogens with one attached hydrogen (secondary N) is 1. The van der Waals surface area contributed by atoms with E-state index in [2.05, 4.69) is 126 Å². The van der Waals surface area contributed by atoms with Crippen molar-refractivity contribution < 1.29 is 4.42 Å².